The highest BCUT2D eigenvalue weighted by molar-refractivity contribution is 5.95. The zero-order valence-electron chi connectivity index (χ0n) is 11.8. The second-order valence-corrected chi connectivity index (χ2v) is 4.72. The highest BCUT2D eigenvalue weighted by atomic mass is 19.3. The van der Waals surface area contributed by atoms with E-state index in [1.165, 1.54) is 36.5 Å². The lowest BCUT2D eigenvalue weighted by Crippen LogP contribution is -2.18. The van der Waals surface area contributed by atoms with Crippen LogP contribution in [0.5, 0.6) is 5.75 Å². The average molecular weight is 304 g/mol. The van der Waals surface area contributed by atoms with Gasteiger partial charge in [-0.15, -0.1) is 0 Å². The smallest absolute Gasteiger partial charge is 0.271 e. The van der Waals surface area contributed by atoms with Gasteiger partial charge < -0.3 is 5.11 Å². The van der Waals surface area contributed by atoms with Gasteiger partial charge in [0.1, 0.15) is 5.75 Å². The molecule has 0 radical (unpaired) electrons. The van der Waals surface area contributed by atoms with Crippen LogP contribution in [0.4, 0.5) is 8.78 Å². The quantitative estimate of drug-likeness (QED) is 0.672. The maximum absolute atomic E-state index is 13.1. The van der Waals surface area contributed by atoms with Gasteiger partial charge in [-0.1, -0.05) is 24.3 Å². The minimum atomic E-state index is -2.95. The van der Waals surface area contributed by atoms with Crippen LogP contribution in [0.25, 0.3) is 0 Å². The Balaban J connectivity index is 2.02. The molecule has 0 aliphatic carbocycles. The van der Waals surface area contributed by atoms with Crippen LogP contribution in [0.3, 0.4) is 0 Å². The molecule has 22 heavy (non-hydrogen) atoms. The highest BCUT2D eigenvalue weighted by Crippen LogP contribution is 2.26. The SMILES string of the molecule is CC(F)(F)c1ccc(C(=O)N/N=C/c2ccccc2O)cc1. The Bertz CT molecular complexity index is 692. The summed E-state index contributed by atoms with van der Waals surface area (Å²) in [6.45, 7) is 0.790. The molecule has 0 saturated heterocycles. The normalized spacial score (nSPS) is 11.6. The molecule has 4 nitrogen and oxygen atoms in total. The molecule has 2 aromatic carbocycles. The van der Waals surface area contributed by atoms with Crippen LogP contribution < -0.4 is 5.43 Å². The second-order valence-electron chi connectivity index (χ2n) is 4.72. The molecule has 0 atom stereocenters. The van der Waals surface area contributed by atoms with Crippen LogP contribution in [-0.4, -0.2) is 17.2 Å². The van der Waals surface area contributed by atoms with Crippen LogP contribution in [0.1, 0.15) is 28.4 Å². The number of nitrogens with zero attached hydrogens (tertiary/aromatic N) is 1. The highest BCUT2D eigenvalue weighted by Gasteiger charge is 2.23. The Morgan fingerprint density at radius 3 is 2.41 bits per heavy atom. The summed E-state index contributed by atoms with van der Waals surface area (Å²) in [7, 11) is 0. The molecule has 0 heterocycles. The number of hydrogen-bond acceptors (Lipinski definition) is 3. The van der Waals surface area contributed by atoms with E-state index >= 15 is 0 Å². The van der Waals surface area contributed by atoms with Gasteiger partial charge in [-0.3, -0.25) is 4.79 Å². The number of hydrogen-bond donors (Lipinski definition) is 2. The first-order chi connectivity index (χ1) is 10.4. The van der Waals surface area contributed by atoms with E-state index in [1.807, 2.05) is 0 Å². The topological polar surface area (TPSA) is 61.7 Å². The molecule has 0 bridgehead atoms. The third-order valence-corrected chi connectivity index (χ3v) is 2.96. The van der Waals surface area contributed by atoms with Crippen LogP contribution in [0.2, 0.25) is 0 Å². The predicted octanol–water partition coefficient (Wildman–Crippen LogP) is 3.27. The van der Waals surface area contributed by atoms with Gasteiger partial charge in [0.05, 0.1) is 6.21 Å². The summed E-state index contributed by atoms with van der Waals surface area (Å²) >= 11 is 0. The Hall–Kier alpha value is -2.76. The van der Waals surface area contributed by atoms with Crippen molar-refractivity contribution in [2.45, 2.75) is 12.8 Å². The zero-order chi connectivity index (χ0) is 16.2. The molecular formula is C16H14F2N2O2. The molecule has 1 amide bonds. The van der Waals surface area contributed by atoms with E-state index in [0.29, 0.717) is 5.56 Å². The van der Waals surface area contributed by atoms with E-state index < -0.39 is 11.8 Å². The Kier molecular flexibility index (Phi) is 4.50. The number of hydrazone groups is 1. The Labute approximate surface area is 126 Å². The van der Waals surface area contributed by atoms with Crippen LogP contribution in [-0.2, 0) is 5.92 Å². The number of rotatable bonds is 4. The molecule has 0 fully saturated rings. The first-order valence-corrected chi connectivity index (χ1v) is 6.47. The number of carbonyl (C=O) groups excluding carboxylic acids is 1. The van der Waals surface area contributed by atoms with E-state index in [0.717, 1.165) is 6.92 Å². The van der Waals surface area contributed by atoms with Crippen molar-refractivity contribution in [2.75, 3.05) is 0 Å². The van der Waals surface area contributed by atoms with Crippen molar-refractivity contribution >= 4 is 12.1 Å². The molecule has 0 aromatic heterocycles. The minimum Gasteiger partial charge on any atom is -0.507 e. The summed E-state index contributed by atoms with van der Waals surface area (Å²) in [6, 6.07) is 11.5. The van der Waals surface area contributed by atoms with Crippen molar-refractivity contribution < 1.29 is 18.7 Å². The first kappa shape index (κ1) is 15.6. The number of para-hydroxylation sites is 1. The van der Waals surface area contributed by atoms with Gasteiger partial charge in [-0.25, -0.2) is 14.2 Å². The molecule has 6 heteroatoms. The maximum atomic E-state index is 13.1. The lowest BCUT2D eigenvalue weighted by Gasteiger charge is -2.10. The summed E-state index contributed by atoms with van der Waals surface area (Å²) in [5, 5.41) is 13.2. The number of benzene rings is 2. The lowest BCUT2D eigenvalue weighted by atomic mass is 10.1. The fourth-order valence-corrected chi connectivity index (χ4v) is 1.74. The number of alkyl halides is 2. The van der Waals surface area contributed by atoms with Gasteiger partial charge in [0.15, 0.2) is 0 Å². The molecule has 2 N–H and O–H groups in total. The molecule has 0 aliphatic heterocycles. The second kappa shape index (κ2) is 6.34. The summed E-state index contributed by atoms with van der Waals surface area (Å²) in [5.74, 6) is -3.44. The van der Waals surface area contributed by atoms with Crippen molar-refractivity contribution in [3.05, 3.63) is 65.2 Å². The van der Waals surface area contributed by atoms with E-state index in [1.54, 1.807) is 18.2 Å². The van der Waals surface area contributed by atoms with Crippen molar-refractivity contribution in [3.8, 4) is 5.75 Å². The summed E-state index contributed by atoms with van der Waals surface area (Å²) in [6.07, 6.45) is 1.29. The lowest BCUT2D eigenvalue weighted by molar-refractivity contribution is 0.0174. The maximum Gasteiger partial charge on any atom is 0.271 e. The monoisotopic (exact) mass is 304 g/mol. The van der Waals surface area contributed by atoms with E-state index in [2.05, 4.69) is 10.5 Å². The molecule has 0 aliphatic rings. The molecule has 2 aromatic rings. The van der Waals surface area contributed by atoms with Gasteiger partial charge in [-0.05, 0) is 24.3 Å². The Morgan fingerprint density at radius 2 is 1.82 bits per heavy atom. The first-order valence-electron chi connectivity index (χ1n) is 6.47. The number of phenolic OH excluding ortho intramolecular Hbond substituents is 1. The van der Waals surface area contributed by atoms with E-state index in [9.17, 15) is 18.7 Å². The molecule has 2 rings (SSSR count). The standard InChI is InChI=1S/C16H14F2N2O2/c1-16(17,18)13-8-6-11(7-9-13)15(22)20-19-10-12-4-2-3-5-14(12)21/h2-10,21H,1H3,(H,20,22)/b19-10+. The van der Waals surface area contributed by atoms with Crippen LogP contribution in [0, 0.1) is 0 Å². The zero-order valence-corrected chi connectivity index (χ0v) is 11.8. The molecule has 0 unspecified atom stereocenters. The summed E-state index contributed by atoms with van der Waals surface area (Å²) < 4.78 is 26.1. The molecule has 0 spiro atoms. The van der Waals surface area contributed by atoms with Gasteiger partial charge in [0.2, 0.25) is 0 Å². The van der Waals surface area contributed by atoms with Gasteiger partial charge in [-0.2, -0.15) is 5.10 Å². The van der Waals surface area contributed by atoms with Crippen LogP contribution in [0.15, 0.2) is 53.6 Å². The number of halogens is 2. The molecule has 0 saturated carbocycles. The summed E-state index contributed by atoms with van der Waals surface area (Å²) in [4.78, 5) is 11.8. The van der Waals surface area contributed by atoms with Crippen molar-refractivity contribution in [1.82, 2.24) is 5.43 Å². The number of nitrogens with one attached hydrogen (secondary N) is 1. The minimum absolute atomic E-state index is 0.0371. The van der Waals surface area contributed by atoms with E-state index in [-0.39, 0.29) is 16.9 Å². The largest absolute Gasteiger partial charge is 0.507 e. The van der Waals surface area contributed by atoms with E-state index in [4.69, 9.17) is 0 Å². The number of amides is 1. The third-order valence-electron chi connectivity index (χ3n) is 2.96. The van der Waals surface area contributed by atoms with Crippen molar-refractivity contribution in [1.29, 1.82) is 0 Å². The van der Waals surface area contributed by atoms with Crippen molar-refractivity contribution in [2.24, 2.45) is 5.10 Å². The van der Waals surface area contributed by atoms with Crippen LogP contribution >= 0.6 is 0 Å². The molecular weight excluding hydrogens is 290 g/mol. The number of aromatic hydroxyl groups is 1. The van der Waals surface area contributed by atoms with Gasteiger partial charge in [0.25, 0.3) is 11.8 Å². The van der Waals surface area contributed by atoms with Gasteiger partial charge in [0, 0.05) is 23.6 Å². The third kappa shape index (κ3) is 3.88. The fourth-order valence-electron chi connectivity index (χ4n) is 1.74. The fraction of sp³-hybridized carbons (Fsp3) is 0.125. The Morgan fingerprint density at radius 1 is 1.18 bits per heavy atom. The van der Waals surface area contributed by atoms with Gasteiger partial charge >= 0.3 is 0 Å². The number of phenols is 1. The molecule has 114 valence electrons. The number of carbonyl (C=O) groups is 1. The predicted molar refractivity (Wildman–Crippen MR) is 79.2 cm³/mol. The summed E-state index contributed by atoms with van der Waals surface area (Å²) in [5.41, 5.74) is 2.76. The average Bonchev–Trinajstić information content (AvgIpc) is 2.48. The van der Waals surface area contributed by atoms with Crippen molar-refractivity contribution in [3.63, 3.8) is 0 Å².